The van der Waals surface area contributed by atoms with E-state index in [0.29, 0.717) is 20.5 Å². The van der Waals surface area contributed by atoms with Crippen molar-refractivity contribution in [2.24, 2.45) is 0 Å². The van der Waals surface area contributed by atoms with Gasteiger partial charge in [0.15, 0.2) is 5.82 Å². The fourth-order valence-electron chi connectivity index (χ4n) is 0.916. The van der Waals surface area contributed by atoms with Gasteiger partial charge in [0, 0.05) is 0 Å². The number of halogens is 3. The van der Waals surface area contributed by atoms with Crippen molar-refractivity contribution >= 4 is 39.1 Å². The van der Waals surface area contributed by atoms with E-state index in [1.807, 2.05) is 0 Å². The molecule has 2 aromatic rings. The molecule has 0 aromatic carbocycles. The van der Waals surface area contributed by atoms with Crippen LogP contribution < -0.4 is 0 Å². The molecule has 4 nitrogen and oxygen atoms in total. The Balaban J connectivity index is 2.57. The summed E-state index contributed by atoms with van der Waals surface area (Å²) in [5, 5.41) is 4.86. The summed E-state index contributed by atoms with van der Waals surface area (Å²) in [6, 6.07) is 0. The standard InChI is InChI=1S/C7H3BrCl2N4/c8-5-6(10)11-3-12-7(5)14-2-4(9)1-13-14/h1-3H. The molecule has 0 saturated carbocycles. The van der Waals surface area contributed by atoms with Crippen LogP contribution in [0.1, 0.15) is 0 Å². The number of aromatic nitrogens is 4. The van der Waals surface area contributed by atoms with Crippen molar-refractivity contribution < 1.29 is 0 Å². The maximum atomic E-state index is 5.80. The van der Waals surface area contributed by atoms with Gasteiger partial charge in [-0.3, -0.25) is 0 Å². The Morgan fingerprint density at radius 3 is 2.71 bits per heavy atom. The Morgan fingerprint density at radius 2 is 2.07 bits per heavy atom. The number of hydrogen-bond acceptors (Lipinski definition) is 3. The number of nitrogens with zero attached hydrogens (tertiary/aromatic N) is 4. The van der Waals surface area contributed by atoms with Gasteiger partial charge in [-0.2, -0.15) is 5.10 Å². The van der Waals surface area contributed by atoms with E-state index in [-0.39, 0.29) is 0 Å². The minimum atomic E-state index is 0.335. The summed E-state index contributed by atoms with van der Waals surface area (Å²) in [5.74, 6) is 0.553. The van der Waals surface area contributed by atoms with Crippen LogP contribution in [0.2, 0.25) is 10.2 Å². The van der Waals surface area contributed by atoms with Crippen LogP contribution >= 0.6 is 39.1 Å². The van der Waals surface area contributed by atoms with Gasteiger partial charge in [-0.1, -0.05) is 23.2 Å². The molecule has 0 bridgehead atoms. The highest BCUT2D eigenvalue weighted by molar-refractivity contribution is 9.10. The second-order valence-corrected chi connectivity index (χ2v) is 3.99. The van der Waals surface area contributed by atoms with Crippen LogP contribution in [0.5, 0.6) is 0 Å². The zero-order chi connectivity index (χ0) is 10.1. The normalized spacial score (nSPS) is 10.5. The maximum Gasteiger partial charge on any atom is 0.172 e. The van der Waals surface area contributed by atoms with Gasteiger partial charge in [-0.15, -0.1) is 0 Å². The summed E-state index contributed by atoms with van der Waals surface area (Å²) in [6.45, 7) is 0. The van der Waals surface area contributed by atoms with E-state index < -0.39 is 0 Å². The van der Waals surface area contributed by atoms with Gasteiger partial charge in [-0.05, 0) is 15.9 Å². The summed E-state index contributed by atoms with van der Waals surface area (Å²) >= 11 is 14.8. The first-order chi connectivity index (χ1) is 6.68. The van der Waals surface area contributed by atoms with Gasteiger partial charge in [0.05, 0.1) is 21.9 Å². The first-order valence-corrected chi connectivity index (χ1v) is 5.10. The largest absolute Gasteiger partial charge is 0.223 e. The minimum absolute atomic E-state index is 0.335. The van der Waals surface area contributed by atoms with Crippen LogP contribution in [0.15, 0.2) is 23.2 Å². The van der Waals surface area contributed by atoms with Crippen LogP contribution in [0, 0.1) is 0 Å². The maximum absolute atomic E-state index is 5.80. The minimum Gasteiger partial charge on any atom is -0.223 e. The van der Waals surface area contributed by atoms with Gasteiger partial charge < -0.3 is 0 Å². The van der Waals surface area contributed by atoms with E-state index in [0.717, 1.165) is 0 Å². The molecular formula is C7H3BrCl2N4. The van der Waals surface area contributed by atoms with Crippen molar-refractivity contribution in [3.05, 3.63) is 33.4 Å². The average Bonchev–Trinajstić information content (AvgIpc) is 2.57. The molecule has 0 unspecified atom stereocenters. The summed E-state index contributed by atoms with van der Waals surface area (Å²) in [7, 11) is 0. The Bertz CT molecular complexity index is 470. The molecule has 2 heterocycles. The zero-order valence-corrected chi connectivity index (χ0v) is 9.75. The molecule has 0 spiro atoms. The third-order valence-electron chi connectivity index (χ3n) is 1.50. The number of hydrogen-bond donors (Lipinski definition) is 0. The van der Waals surface area contributed by atoms with E-state index >= 15 is 0 Å². The molecule has 0 N–H and O–H groups in total. The molecule has 2 aromatic heterocycles. The second kappa shape index (κ2) is 3.84. The highest BCUT2D eigenvalue weighted by atomic mass is 79.9. The third kappa shape index (κ3) is 1.75. The van der Waals surface area contributed by atoms with Gasteiger partial charge in [-0.25, -0.2) is 14.6 Å². The van der Waals surface area contributed by atoms with Crippen molar-refractivity contribution in [2.75, 3.05) is 0 Å². The van der Waals surface area contributed by atoms with E-state index in [9.17, 15) is 0 Å². The zero-order valence-electron chi connectivity index (χ0n) is 6.65. The molecule has 14 heavy (non-hydrogen) atoms. The lowest BCUT2D eigenvalue weighted by Gasteiger charge is -2.02. The van der Waals surface area contributed by atoms with Crippen LogP contribution in [0.4, 0.5) is 0 Å². The third-order valence-corrected chi connectivity index (χ3v) is 2.94. The first kappa shape index (κ1) is 9.89. The van der Waals surface area contributed by atoms with E-state index in [1.165, 1.54) is 17.2 Å². The molecule has 0 aliphatic heterocycles. The van der Waals surface area contributed by atoms with Gasteiger partial charge in [0.2, 0.25) is 0 Å². The smallest absolute Gasteiger partial charge is 0.172 e. The fraction of sp³-hybridized carbons (Fsp3) is 0. The highest BCUT2D eigenvalue weighted by Crippen LogP contribution is 2.25. The lowest BCUT2D eigenvalue weighted by Crippen LogP contribution is -2.00. The Hall–Kier alpha value is -0.650. The molecule has 2 rings (SSSR count). The van der Waals surface area contributed by atoms with Crippen LogP contribution in [0.3, 0.4) is 0 Å². The molecule has 0 fully saturated rings. The molecular weight excluding hydrogens is 291 g/mol. The molecule has 72 valence electrons. The second-order valence-electron chi connectivity index (χ2n) is 2.41. The van der Waals surface area contributed by atoms with Crippen LogP contribution in [-0.4, -0.2) is 19.7 Å². The van der Waals surface area contributed by atoms with Gasteiger partial charge >= 0.3 is 0 Å². The predicted molar refractivity (Wildman–Crippen MR) is 56.9 cm³/mol. The van der Waals surface area contributed by atoms with Gasteiger partial charge in [0.25, 0.3) is 0 Å². The molecule has 7 heteroatoms. The van der Waals surface area contributed by atoms with Gasteiger partial charge in [0.1, 0.15) is 11.5 Å². The number of rotatable bonds is 1. The van der Waals surface area contributed by atoms with Crippen molar-refractivity contribution in [3.8, 4) is 5.82 Å². The molecule has 0 aliphatic carbocycles. The van der Waals surface area contributed by atoms with Crippen molar-refractivity contribution in [1.29, 1.82) is 0 Å². The molecule has 0 amide bonds. The highest BCUT2D eigenvalue weighted by Gasteiger charge is 2.09. The molecule has 0 saturated heterocycles. The monoisotopic (exact) mass is 292 g/mol. The average molecular weight is 294 g/mol. The summed E-state index contributed by atoms with van der Waals surface area (Å²) in [5.41, 5.74) is 0. The van der Waals surface area contributed by atoms with Crippen LogP contribution in [-0.2, 0) is 0 Å². The molecule has 0 atom stereocenters. The fourth-order valence-corrected chi connectivity index (χ4v) is 1.57. The SMILES string of the molecule is Clc1cnn(-c2ncnc(Cl)c2Br)c1. The van der Waals surface area contributed by atoms with E-state index in [4.69, 9.17) is 23.2 Å². The lowest BCUT2D eigenvalue weighted by molar-refractivity contribution is 0.833. The summed E-state index contributed by atoms with van der Waals surface area (Å²) in [4.78, 5) is 7.83. The van der Waals surface area contributed by atoms with Crippen molar-refractivity contribution in [3.63, 3.8) is 0 Å². The molecule has 0 radical (unpaired) electrons. The van der Waals surface area contributed by atoms with Crippen molar-refractivity contribution in [1.82, 2.24) is 19.7 Å². The predicted octanol–water partition coefficient (Wildman–Crippen LogP) is 2.73. The van der Waals surface area contributed by atoms with Crippen LogP contribution in [0.25, 0.3) is 5.82 Å². The quantitative estimate of drug-likeness (QED) is 0.760. The lowest BCUT2D eigenvalue weighted by atomic mass is 10.6. The summed E-state index contributed by atoms with van der Waals surface area (Å²) < 4.78 is 2.10. The van der Waals surface area contributed by atoms with E-state index in [2.05, 4.69) is 31.0 Å². The summed E-state index contributed by atoms with van der Waals surface area (Å²) in [6.07, 6.45) is 4.51. The molecule has 0 aliphatic rings. The van der Waals surface area contributed by atoms with E-state index in [1.54, 1.807) is 6.20 Å². The Labute approximate surface area is 98.0 Å². The topological polar surface area (TPSA) is 43.6 Å². The first-order valence-electron chi connectivity index (χ1n) is 3.55. The Kier molecular flexibility index (Phi) is 2.71. The Morgan fingerprint density at radius 1 is 1.29 bits per heavy atom. The van der Waals surface area contributed by atoms with Crippen molar-refractivity contribution in [2.45, 2.75) is 0 Å².